The molecule has 6 saturated heterocycles. The Morgan fingerprint density at radius 3 is 0.917 bits per heavy atom. The van der Waals surface area contributed by atoms with Gasteiger partial charge in [-0.1, -0.05) is 20.8 Å². The zero-order valence-corrected chi connectivity index (χ0v) is 66.0. The third-order valence-corrected chi connectivity index (χ3v) is 23.2. The minimum Gasteiger partial charge on any atom is -0.394 e. The monoisotopic (exact) mass is 1620 g/mol. The molecule has 3 amide bonds. The first-order chi connectivity index (χ1) is 51.4. The predicted molar refractivity (Wildman–Crippen MR) is 379 cm³/mol. The Hall–Kier alpha value is -2.02. The quantitative estimate of drug-likeness (QED) is 0.0305. The third-order valence-electron chi connectivity index (χ3n) is 20.0. The van der Waals surface area contributed by atoms with Gasteiger partial charge in [0.25, 0.3) is 0 Å². The van der Waals surface area contributed by atoms with Crippen LogP contribution in [0.1, 0.15) is 150 Å². The molecule has 37 nitrogen and oxygen atoms in total. The summed E-state index contributed by atoms with van der Waals surface area (Å²) in [6.45, 7) is 9.14. The Bertz CT molecular complexity index is 2430. The summed E-state index contributed by atoms with van der Waals surface area (Å²) in [5.74, 6) is -1.89. The van der Waals surface area contributed by atoms with E-state index in [0.29, 0.717) is 116 Å². The van der Waals surface area contributed by atoms with Crippen molar-refractivity contribution in [1.82, 2.24) is 14.7 Å². The first kappa shape index (κ1) is 94.8. The average Bonchev–Trinajstić information content (AvgIpc) is 0.829. The van der Waals surface area contributed by atoms with Crippen LogP contribution in [0.15, 0.2) is 0 Å². The van der Waals surface area contributed by atoms with E-state index in [1.165, 1.54) is 0 Å². The van der Waals surface area contributed by atoms with Crippen LogP contribution in [0.25, 0.3) is 0 Å². The number of rotatable bonds is 51. The molecule has 40 heteroatoms. The van der Waals surface area contributed by atoms with Gasteiger partial charge in [0.15, 0.2) is 18.9 Å². The molecule has 0 bridgehead atoms. The van der Waals surface area contributed by atoms with Gasteiger partial charge >= 0.3 is 23.5 Å². The summed E-state index contributed by atoms with van der Waals surface area (Å²) in [6, 6.07) is 0. The van der Waals surface area contributed by atoms with Crippen LogP contribution in [0, 0.1) is 23.2 Å². The molecule has 0 aromatic carbocycles. The largest absolute Gasteiger partial charge is 0.472 e. The van der Waals surface area contributed by atoms with E-state index >= 15 is 0 Å². The molecule has 18 atom stereocenters. The molecular weight excluding hydrogens is 1500 g/mol. The minimum atomic E-state index is -4.54. The molecule has 18 unspecified atom stereocenters. The second-order valence-electron chi connectivity index (χ2n) is 29.2. The number of hydrogen-bond donors (Lipinski definition) is 12. The molecule has 632 valence electrons. The maximum Gasteiger partial charge on any atom is 0.472 e. The molecule has 0 aromatic rings. The van der Waals surface area contributed by atoms with Gasteiger partial charge in [-0.05, 0) is 110 Å². The van der Waals surface area contributed by atoms with E-state index in [2.05, 4.69) is 0 Å². The number of nitrogens with zero attached hydrogens (tertiary/aromatic N) is 3. The molecule has 0 aromatic heterocycles. The van der Waals surface area contributed by atoms with Crippen molar-refractivity contribution in [3.8, 4) is 0 Å². The van der Waals surface area contributed by atoms with Crippen LogP contribution >= 0.6 is 23.5 Å². The second-order valence-corrected chi connectivity index (χ2v) is 33.4. The van der Waals surface area contributed by atoms with E-state index in [1.807, 2.05) is 13.8 Å². The molecule has 6 fully saturated rings. The molecule has 0 aliphatic carbocycles. The number of carbonyl (C=O) groups excluding carboxylic acids is 3. The first-order valence-corrected chi connectivity index (χ1v) is 42.8. The molecular formula is C68H126N3O34P3. The molecule has 0 radical (unpaired) electrons. The summed E-state index contributed by atoms with van der Waals surface area (Å²) in [5, 5.41) is 89.6. The number of phosphoric ester groups is 3. The van der Waals surface area contributed by atoms with E-state index in [4.69, 9.17) is 74.5 Å². The molecule has 12 N–H and O–H groups in total. The van der Waals surface area contributed by atoms with E-state index in [9.17, 15) is 88.7 Å². The van der Waals surface area contributed by atoms with Crippen LogP contribution in [0.4, 0.5) is 0 Å². The van der Waals surface area contributed by atoms with Crippen molar-refractivity contribution in [1.29, 1.82) is 0 Å². The highest BCUT2D eigenvalue weighted by Crippen LogP contribution is 2.48. The number of aliphatic hydroxyl groups excluding tert-OH is 9. The standard InChI is InChI=1S/C68H126N3O34P3/c1-46(2)96-45-68(42-90-30-12-36-97-106(84,85)103-50-18-24-69(25-19-50)56(75)15-6-9-33-93-65-47(3)59(78)62(81)53(39-72)100-65,43-91-31-13-37-98-107(86,87)104-51-20-26-70(27-21-51)57(76)16-7-10-34-94-66-48(4)60(79)63(82)54(40-73)101-66)44-92-32-14-38-99-108(88,89)105-52-22-28-71(29-23-52)58(77)17-8-11-35-95-67-49(5)61(80)64(83)55(41-74)102-67/h46-55,59-67,72-74,78-83H,6-45H2,1-5H3,(H,84,85)(H,86,87)(H,88,89). The van der Waals surface area contributed by atoms with Crippen molar-refractivity contribution in [2.24, 2.45) is 23.2 Å². The van der Waals surface area contributed by atoms with Gasteiger partial charge in [0.1, 0.15) is 36.6 Å². The Balaban J connectivity index is 0.899. The van der Waals surface area contributed by atoms with Gasteiger partial charge in [0.05, 0.1) is 114 Å². The highest BCUT2D eigenvalue weighted by Gasteiger charge is 2.46. The highest BCUT2D eigenvalue weighted by atomic mass is 31.2. The van der Waals surface area contributed by atoms with Crippen molar-refractivity contribution in [2.75, 3.05) is 145 Å². The fourth-order valence-corrected chi connectivity index (χ4v) is 16.2. The number of unbranched alkanes of at least 4 members (excludes halogenated alkanes) is 3. The molecule has 0 saturated carbocycles. The van der Waals surface area contributed by atoms with Crippen LogP contribution in [0.2, 0.25) is 0 Å². The van der Waals surface area contributed by atoms with E-state index < -0.39 is 159 Å². The lowest BCUT2D eigenvalue weighted by Gasteiger charge is -2.40. The molecule has 108 heavy (non-hydrogen) atoms. The Morgan fingerprint density at radius 2 is 0.667 bits per heavy atom. The molecule has 6 aliphatic heterocycles. The number of hydrogen-bond acceptors (Lipinski definition) is 31. The fraction of sp³-hybridized carbons (Fsp3) is 0.956. The lowest BCUT2D eigenvalue weighted by atomic mass is 9.92. The van der Waals surface area contributed by atoms with Crippen molar-refractivity contribution in [3.63, 3.8) is 0 Å². The van der Waals surface area contributed by atoms with Gasteiger partial charge < -0.3 is 123 Å². The summed E-state index contributed by atoms with van der Waals surface area (Å²) in [6.07, 6.45) is -8.75. The topological polar surface area (TPSA) is 503 Å². The highest BCUT2D eigenvalue weighted by molar-refractivity contribution is 7.48. The van der Waals surface area contributed by atoms with Crippen LogP contribution < -0.4 is 0 Å². The van der Waals surface area contributed by atoms with E-state index in [-0.39, 0.29) is 148 Å². The number of piperidine rings is 3. The van der Waals surface area contributed by atoms with Gasteiger partial charge in [-0.25, -0.2) is 13.7 Å². The van der Waals surface area contributed by atoms with Gasteiger partial charge in [-0.2, -0.15) is 0 Å². The maximum absolute atomic E-state index is 13.1. The minimum absolute atomic E-state index is 0.0230. The second kappa shape index (κ2) is 48.5. The summed E-state index contributed by atoms with van der Waals surface area (Å²) in [4.78, 5) is 76.1. The maximum atomic E-state index is 13.1. The number of carbonyl (C=O) groups is 3. The van der Waals surface area contributed by atoms with E-state index in [1.54, 1.807) is 35.5 Å². The zero-order chi connectivity index (χ0) is 79.0. The van der Waals surface area contributed by atoms with Gasteiger partial charge in [-0.15, -0.1) is 0 Å². The third kappa shape index (κ3) is 32.6. The molecule has 6 rings (SSSR count). The number of likely N-dealkylation sites (tertiary alicyclic amines) is 3. The number of amides is 3. The zero-order valence-electron chi connectivity index (χ0n) is 63.3. The molecule has 6 heterocycles. The Kier molecular flexibility index (Phi) is 42.6. The van der Waals surface area contributed by atoms with Crippen LogP contribution in [-0.4, -0.2) is 336 Å². The smallest absolute Gasteiger partial charge is 0.394 e. The number of phosphoric acid groups is 3. The summed E-state index contributed by atoms with van der Waals surface area (Å²) in [7, 11) is -13.6. The van der Waals surface area contributed by atoms with E-state index in [0.717, 1.165) is 0 Å². The molecule has 0 spiro atoms. The summed E-state index contributed by atoms with van der Waals surface area (Å²) in [5.41, 5.74) is -1.00. The van der Waals surface area contributed by atoms with Gasteiger partial charge in [0.2, 0.25) is 17.7 Å². The van der Waals surface area contributed by atoms with Crippen molar-refractivity contribution in [2.45, 2.75) is 248 Å². The van der Waals surface area contributed by atoms with Crippen molar-refractivity contribution < 1.29 is 163 Å². The first-order valence-electron chi connectivity index (χ1n) is 38.3. The lowest BCUT2D eigenvalue weighted by Crippen LogP contribution is -2.55. The summed E-state index contributed by atoms with van der Waals surface area (Å²) >= 11 is 0. The summed E-state index contributed by atoms with van der Waals surface area (Å²) < 4.78 is 130. The van der Waals surface area contributed by atoms with Crippen molar-refractivity contribution in [3.05, 3.63) is 0 Å². The molecule has 6 aliphatic rings. The fourth-order valence-electron chi connectivity index (χ4n) is 13.2. The predicted octanol–water partition coefficient (Wildman–Crippen LogP) is 1.78. The number of ether oxygens (including phenoxy) is 10. The number of aliphatic hydroxyl groups is 9. The Labute approximate surface area is 633 Å². The van der Waals surface area contributed by atoms with Gasteiger partial charge in [0, 0.05) is 116 Å². The van der Waals surface area contributed by atoms with Crippen LogP contribution in [0.5, 0.6) is 0 Å². The van der Waals surface area contributed by atoms with Crippen LogP contribution in [0.3, 0.4) is 0 Å². The average molecular weight is 1620 g/mol. The van der Waals surface area contributed by atoms with Crippen LogP contribution in [-0.2, 0) is 103 Å². The van der Waals surface area contributed by atoms with Crippen molar-refractivity contribution >= 4 is 41.2 Å². The SMILES string of the molecule is CC(C)OCC(COCCCOP(=O)(O)OC1CCN(C(=O)CCCCOC2OC(CO)C(O)C(O)C2C)CC1)(COCCCOP(=O)(O)OC1CCN(C(=O)CCCCOC2OC(CO)C(O)C(O)C2C)CC1)COCCCOP(=O)(O)OC1CCN(C(=O)CCCCOC2OC(CO)C(O)C(O)C2C)CC1. The normalized spacial score (nSPS) is 30.3. The lowest BCUT2D eigenvalue weighted by molar-refractivity contribution is -0.282. The van der Waals surface area contributed by atoms with Gasteiger partial charge in [-0.3, -0.25) is 41.5 Å². The Morgan fingerprint density at radius 1 is 0.398 bits per heavy atom.